The number of aromatic nitrogens is 1. The highest BCUT2D eigenvalue weighted by Gasteiger charge is 2.31. The lowest BCUT2D eigenvalue weighted by Gasteiger charge is -2.21. The molecule has 0 amide bonds. The maximum absolute atomic E-state index is 12.7. The number of aldehydes is 1. The zero-order valence-corrected chi connectivity index (χ0v) is 16.0. The van der Waals surface area contributed by atoms with Crippen LogP contribution in [0.2, 0.25) is 0 Å². The van der Waals surface area contributed by atoms with Crippen LogP contribution >= 0.6 is 0 Å². The Kier molecular flexibility index (Phi) is 5.44. The van der Waals surface area contributed by atoms with Gasteiger partial charge in [0.25, 0.3) is 0 Å². The summed E-state index contributed by atoms with van der Waals surface area (Å²) in [5, 5.41) is 0. The highest BCUT2D eigenvalue weighted by molar-refractivity contribution is 5.87. The highest BCUT2D eigenvalue weighted by Crippen LogP contribution is 2.31. The fourth-order valence-electron chi connectivity index (χ4n) is 3.58. The molecule has 1 aliphatic rings. The lowest BCUT2D eigenvalue weighted by Crippen LogP contribution is -2.25. The number of hydrogen-bond donors (Lipinski definition) is 0. The van der Waals surface area contributed by atoms with E-state index in [0.717, 1.165) is 35.4 Å². The summed E-state index contributed by atoms with van der Waals surface area (Å²) < 4.78 is 43.7. The fourth-order valence-corrected chi connectivity index (χ4v) is 3.58. The molecule has 1 aliphatic heterocycles. The van der Waals surface area contributed by atoms with Gasteiger partial charge < -0.3 is 9.64 Å². The van der Waals surface area contributed by atoms with E-state index in [9.17, 15) is 18.0 Å². The van der Waals surface area contributed by atoms with Gasteiger partial charge in [-0.05, 0) is 29.3 Å². The van der Waals surface area contributed by atoms with E-state index in [4.69, 9.17) is 4.74 Å². The Bertz CT molecular complexity index is 1020. The number of halogens is 3. The minimum absolute atomic E-state index is 0.157. The Balaban J connectivity index is 1.46. The van der Waals surface area contributed by atoms with Gasteiger partial charge in [0.2, 0.25) is 5.88 Å². The second kappa shape index (κ2) is 8.18. The van der Waals surface area contributed by atoms with Crippen LogP contribution in [0.5, 0.6) is 5.88 Å². The number of nitrogens with zero attached hydrogens (tertiary/aromatic N) is 2. The molecule has 154 valence electrons. The average molecular weight is 412 g/mol. The molecule has 4 nitrogen and oxygen atoms in total. The maximum atomic E-state index is 12.7. The number of rotatable bonds is 5. The van der Waals surface area contributed by atoms with Crippen LogP contribution in [-0.4, -0.2) is 30.5 Å². The summed E-state index contributed by atoms with van der Waals surface area (Å²) >= 11 is 0. The minimum Gasteiger partial charge on any atom is -0.472 e. The number of hydrogen-bond acceptors (Lipinski definition) is 4. The molecule has 3 aromatic rings. The molecule has 0 N–H and O–H groups in total. The van der Waals surface area contributed by atoms with E-state index >= 15 is 0 Å². The van der Waals surface area contributed by atoms with Gasteiger partial charge >= 0.3 is 6.18 Å². The van der Waals surface area contributed by atoms with E-state index < -0.39 is 11.7 Å². The van der Waals surface area contributed by atoms with Gasteiger partial charge in [0.1, 0.15) is 6.10 Å². The second-order valence-electron chi connectivity index (χ2n) is 7.11. The summed E-state index contributed by atoms with van der Waals surface area (Å²) in [5.74, 6) is 0.157. The summed E-state index contributed by atoms with van der Waals surface area (Å²) in [7, 11) is 0. The molecule has 2 aromatic carbocycles. The summed E-state index contributed by atoms with van der Waals surface area (Å²) in [6, 6.07) is 17.8. The first-order valence-corrected chi connectivity index (χ1v) is 9.53. The third-order valence-electron chi connectivity index (χ3n) is 5.10. The van der Waals surface area contributed by atoms with Crippen LogP contribution in [0.15, 0.2) is 66.9 Å². The molecule has 4 rings (SSSR count). The molecule has 7 heteroatoms. The molecule has 1 atom stereocenters. The molecule has 0 radical (unpaired) electrons. The summed E-state index contributed by atoms with van der Waals surface area (Å²) in [6.07, 6.45) is -2.35. The third-order valence-corrected chi connectivity index (χ3v) is 5.10. The summed E-state index contributed by atoms with van der Waals surface area (Å²) in [5.41, 5.74) is 2.59. The lowest BCUT2D eigenvalue weighted by atomic mass is 10.0. The molecule has 0 saturated carbocycles. The van der Waals surface area contributed by atoms with Crippen LogP contribution in [0.4, 0.5) is 18.9 Å². The van der Waals surface area contributed by atoms with Crippen molar-refractivity contribution in [1.82, 2.24) is 4.98 Å². The third kappa shape index (κ3) is 4.30. The molecule has 30 heavy (non-hydrogen) atoms. The Morgan fingerprint density at radius 2 is 1.83 bits per heavy atom. The van der Waals surface area contributed by atoms with Gasteiger partial charge in [-0.1, -0.05) is 36.4 Å². The van der Waals surface area contributed by atoms with Crippen LogP contribution in [0.1, 0.15) is 22.3 Å². The molecule has 1 saturated heterocycles. The number of alkyl halides is 3. The Hall–Kier alpha value is -3.35. The number of carbonyl (C=O) groups is 1. The zero-order chi connectivity index (χ0) is 21.1. The molecule has 2 heterocycles. The van der Waals surface area contributed by atoms with Gasteiger partial charge in [-0.15, -0.1) is 0 Å². The number of pyridine rings is 1. The van der Waals surface area contributed by atoms with E-state index in [1.54, 1.807) is 0 Å². The Morgan fingerprint density at radius 1 is 1.03 bits per heavy atom. The molecular formula is C23H19F3N2O2. The SMILES string of the molecule is O=Cc1cc(-c2ccccc2)ccc1N1CC[C@@H](Oc2ccc(C(F)(F)F)cn2)C1. The molecule has 0 spiro atoms. The summed E-state index contributed by atoms with van der Waals surface area (Å²) in [4.78, 5) is 17.5. The molecule has 0 bridgehead atoms. The van der Waals surface area contributed by atoms with Gasteiger partial charge in [0.05, 0.1) is 12.1 Å². The first-order valence-electron chi connectivity index (χ1n) is 9.53. The predicted octanol–water partition coefficient (Wildman–Crippen LogP) is 5.24. The highest BCUT2D eigenvalue weighted by atomic mass is 19.4. The van der Waals surface area contributed by atoms with E-state index in [1.165, 1.54) is 6.07 Å². The summed E-state index contributed by atoms with van der Waals surface area (Å²) in [6.45, 7) is 1.20. The smallest absolute Gasteiger partial charge is 0.417 e. The van der Waals surface area contributed by atoms with Crippen molar-refractivity contribution in [3.8, 4) is 17.0 Å². The molecular weight excluding hydrogens is 393 g/mol. The van der Waals surface area contributed by atoms with Crippen molar-refractivity contribution in [1.29, 1.82) is 0 Å². The van der Waals surface area contributed by atoms with Crippen molar-refractivity contribution >= 4 is 12.0 Å². The van der Waals surface area contributed by atoms with E-state index in [-0.39, 0.29) is 12.0 Å². The van der Waals surface area contributed by atoms with Crippen LogP contribution in [0, 0.1) is 0 Å². The standard InChI is InChI=1S/C23H19F3N2O2/c24-23(25,26)19-7-9-22(27-13-19)30-20-10-11-28(14-20)21-8-6-17(12-18(21)15-29)16-4-2-1-3-5-16/h1-9,12-13,15,20H,10-11,14H2/t20-/m1/s1. The number of benzene rings is 2. The van der Waals surface area contributed by atoms with E-state index in [1.807, 2.05) is 53.4 Å². The zero-order valence-electron chi connectivity index (χ0n) is 16.0. The van der Waals surface area contributed by atoms with Crippen molar-refractivity contribution in [3.05, 3.63) is 78.0 Å². The molecule has 0 unspecified atom stereocenters. The fraction of sp³-hybridized carbons (Fsp3) is 0.217. The van der Waals surface area contributed by atoms with E-state index in [0.29, 0.717) is 25.1 Å². The van der Waals surface area contributed by atoms with Gasteiger partial charge in [-0.2, -0.15) is 13.2 Å². The van der Waals surface area contributed by atoms with Crippen molar-refractivity contribution in [2.24, 2.45) is 0 Å². The van der Waals surface area contributed by atoms with Gasteiger partial charge in [0.15, 0.2) is 6.29 Å². The maximum Gasteiger partial charge on any atom is 0.417 e. The van der Waals surface area contributed by atoms with Gasteiger partial charge in [-0.25, -0.2) is 4.98 Å². The quantitative estimate of drug-likeness (QED) is 0.538. The lowest BCUT2D eigenvalue weighted by molar-refractivity contribution is -0.137. The van der Waals surface area contributed by atoms with E-state index in [2.05, 4.69) is 4.98 Å². The molecule has 1 aromatic heterocycles. The first-order chi connectivity index (χ1) is 14.4. The average Bonchev–Trinajstić information content (AvgIpc) is 3.22. The predicted molar refractivity (Wildman–Crippen MR) is 108 cm³/mol. The van der Waals surface area contributed by atoms with Crippen LogP contribution in [0.25, 0.3) is 11.1 Å². The molecule has 1 fully saturated rings. The van der Waals surface area contributed by atoms with Crippen molar-refractivity contribution in [2.45, 2.75) is 18.7 Å². The minimum atomic E-state index is -4.42. The monoisotopic (exact) mass is 412 g/mol. The van der Waals surface area contributed by atoms with Gasteiger partial charge in [0, 0.05) is 36.5 Å². The van der Waals surface area contributed by atoms with Crippen LogP contribution in [0.3, 0.4) is 0 Å². The second-order valence-corrected chi connectivity index (χ2v) is 7.11. The van der Waals surface area contributed by atoms with Crippen molar-refractivity contribution in [2.75, 3.05) is 18.0 Å². The van der Waals surface area contributed by atoms with Crippen molar-refractivity contribution < 1.29 is 22.7 Å². The first kappa shape index (κ1) is 19.9. The van der Waals surface area contributed by atoms with Gasteiger partial charge in [-0.3, -0.25) is 4.79 Å². The topological polar surface area (TPSA) is 42.4 Å². The largest absolute Gasteiger partial charge is 0.472 e. The number of anilines is 1. The number of carbonyl (C=O) groups excluding carboxylic acids is 1. The normalized spacial score (nSPS) is 16.5. The number of ether oxygens (including phenoxy) is 1. The van der Waals surface area contributed by atoms with Crippen molar-refractivity contribution in [3.63, 3.8) is 0 Å². The van der Waals surface area contributed by atoms with Crippen LogP contribution < -0.4 is 9.64 Å². The molecule has 0 aliphatic carbocycles. The van der Waals surface area contributed by atoms with Crippen LogP contribution in [-0.2, 0) is 6.18 Å². The Labute approximate surface area is 171 Å². The Morgan fingerprint density at radius 3 is 2.50 bits per heavy atom.